The van der Waals surface area contributed by atoms with Gasteiger partial charge in [-0.1, -0.05) is 104 Å². The number of carbonyl (C=O) groups excluding carboxylic acids is 2. The first kappa shape index (κ1) is 41.3. The number of hydrogen-bond acceptors (Lipinski definition) is 6. The van der Waals surface area contributed by atoms with Crippen LogP contribution in [0.2, 0.25) is 0 Å². The highest BCUT2D eigenvalue weighted by Gasteiger charge is 2.22. The van der Waals surface area contributed by atoms with Crippen molar-refractivity contribution >= 4 is 23.3 Å². The summed E-state index contributed by atoms with van der Waals surface area (Å²) in [5, 5.41) is 3.20. The van der Waals surface area contributed by atoms with Crippen LogP contribution >= 0.6 is 0 Å². The number of rotatable bonds is 27. The predicted molar refractivity (Wildman–Crippen MR) is 200 cm³/mol. The first-order valence-electron chi connectivity index (χ1n) is 18.8. The van der Waals surface area contributed by atoms with Crippen molar-refractivity contribution in [3.05, 3.63) is 57.6 Å². The normalized spacial score (nSPS) is 11.2. The summed E-state index contributed by atoms with van der Waals surface area (Å²) in [4.78, 5) is 27.2. The fourth-order valence-corrected chi connectivity index (χ4v) is 6.46. The molecule has 2 rings (SSSR count). The number of methoxy groups -OCH3 is 3. The zero-order valence-electron chi connectivity index (χ0n) is 31.0. The summed E-state index contributed by atoms with van der Waals surface area (Å²) in [6, 6.07) is 7.98. The van der Waals surface area contributed by atoms with Crippen LogP contribution in [0.3, 0.4) is 0 Å². The number of nitrogen functional groups attached to an aromatic ring is 1. The monoisotopic (exact) mass is 666 g/mol. The van der Waals surface area contributed by atoms with E-state index >= 15 is 0 Å². The average molecular weight is 667 g/mol. The highest BCUT2D eigenvalue weighted by Crippen LogP contribution is 2.29. The van der Waals surface area contributed by atoms with Gasteiger partial charge in [0.05, 0.1) is 25.9 Å². The summed E-state index contributed by atoms with van der Waals surface area (Å²) in [5.74, 6) is -0.643. The number of anilines is 2. The lowest BCUT2D eigenvalue weighted by Crippen LogP contribution is -2.20. The lowest BCUT2D eigenvalue weighted by molar-refractivity contribution is 0.0598. The van der Waals surface area contributed by atoms with E-state index in [0.29, 0.717) is 48.6 Å². The zero-order valence-corrected chi connectivity index (χ0v) is 31.0. The molecule has 0 fully saturated rings. The molecule has 0 aliphatic rings. The molecule has 0 bridgehead atoms. The number of aryl methyl sites for hydroxylation is 2. The smallest absolute Gasteiger partial charge is 0.338 e. The summed E-state index contributed by atoms with van der Waals surface area (Å²) in [6.07, 6.45) is 22.5. The Morgan fingerprint density at radius 1 is 0.583 bits per heavy atom. The van der Waals surface area contributed by atoms with E-state index in [2.05, 4.69) is 19.2 Å². The van der Waals surface area contributed by atoms with Gasteiger partial charge in [0.1, 0.15) is 0 Å². The van der Waals surface area contributed by atoms with E-state index in [4.69, 9.17) is 19.9 Å². The van der Waals surface area contributed by atoms with Crippen LogP contribution in [0.5, 0.6) is 0 Å². The molecule has 270 valence electrons. The van der Waals surface area contributed by atoms with Crippen molar-refractivity contribution in [2.45, 2.75) is 142 Å². The van der Waals surface area contributed by atoms with Crippen LogP contribution in [0.15, 0.2) is 24.3 Å². The molecular formula is C41H66N2O5. The molecule has 2 aromatic rings. The molecule has 0 saturated carbocycles. The Labute approximate surface area is 292 Å². The molecule has 3 N–H and O–H groups in total. The van der Waals surface area contributed by atoms with Gasteiger partial charge in [0.25, 0.3) is 5.91 Å². The lowest BCUT2D eigenvalue weighted by Gasteiger charge is -2.19. The fraction of sp³-hybridized carbons (Fsp3) is 0.659. The van der Waals surface area contributed by atoms with Crippen LogP contribution in [0.25, 0.3) is 0 Å². The second kappa shape index (κ2) is 25.1. The number of amides is 1. The summed E-state index contributed by atoms with van der Waals surface area (Å²) < 4.78 is 16.0. The van der Waals surface area contributed by atoms with Crippen LogP contribution in [-0.2, 0) is 39.9 Å². The largest absolute Gasteiger partial charge is 0.465 e. The third kappa shape index (κ3) is 15.1. The fourth-order valence-electron chi connectivity index (χ4n) is 6.46. The second-order valence-electron chi connectivity index (χ2n) is 13.3. The van der Waals surface area contributed by atoms with Gasteiger partial charge in [-0.05, 0) is 85.0 Å². The van der Waals surface area contributed by atoms with E-state index < -0.39 is 5.97 Å². The molecule has 7 heteroatoms. The molecular weight excluding hydrogens is 600 g/mol. The molecule has 0 unspecified atom stereocenters. The molecule has 0 saturated heterocycles. The minimum absolute atomic E-state index is 0.232. The lowest BCUT2D eigenvalue weighted by atomic mass is 9.94. The average Bonchev–Trinajstić information content (AvgIpc) is 3.08. The number of unbranched alkanes of at least 4 members (excludes halogenated alkanes) is 14. The van der Waals surface area contributed by atoms with Gasteiger partial charge in [-0.3, -0.25) is 4.79 Å². The van der Waals surface area contributed by atoms with Crippen LogP contribution < -0.4 is 11.1 Å². The molecule has 0 aliphatic carbocycles. The van der Waals surface area contributed by atoms with Gasteiger partial charge in [-0.15, -0.1) is 0 Å². The van der Waals surface area contributed by atoms with E-state index in [1.165, 1.54) is 90.6 Å². The van der Waals surface area contributed by atoms with Crippen molar-refractivity contribution in [1.29, 1.82) is 0 Å². The third-order valence-electron chi connectivity index (χ3n) is 9.30. The Bertz CT molecular complexity index is 1210. The van der Waals surface area contributed by atoms with Crippen molar-refractivity contribution in [2.75, 3.05) is 45.6 Å². The van der Waals surface area contributed by atoms with Crippen molar-refractivity contribution in [3.63, 3.8) is 0 Å². The molecule has 7 nitrogen and oxygen atoms in total. The number of nitrogens with two attached hydrogens (primary N) is 1. The predicted octanol–water partition coefficient (Wildman–Crippen LogP) is 10.1. The van der Waals surface area contributed by atoms with Gasteiger partial charge in [0, 0.05) is 31.2 Å². The molecule has 0 radical (unpaired) electrons. The first-order chi connectivity index (χ1) is 23.4. The molecule has 0 heterocycles. The molecule has 0 aromatic heterocycles. The van der Waals surface area contributed by atoms with Crippen molar-refractivity contribution in [1.82, 2.24) is 0 Å². The van der Waals surface area contributed by atoms with E-state index in [9.17, 15) is 9.59 Å². The molecule has 0 aliphatic heterocycles. The number of hydrogen-bond donors (Lipinski definition) is 2. The van der Waals surface area contributed by atoms with Gasteiger partial charge < -0.3 is 25.3 Å². The first-order valence-corrected chi connectivity index (χ1v) is 18.8. The van der Waals surface area contributed by atoms with E-state index in [0.717, 1.165) is 54.4 Å². The Morgan fingerprint density at radius 3 is 1.54 bits per heavy atom. The Kier molecular flexibility index (Phi) is 21.6. The second-order valence-corrected chi connectivity index (χ2v) is 13.3. The number of nitrogens with one attached hydrogen (secondary N) is 1. The van der Waals surface area contributed by atoms with Crippen LogP contribution in [0.4, 0.5) is 11.4 Å². The summed E-state index contributed by atoms with van der Waals surface area (Å²) in [6.45, 7) is 5.35. The van der Waals surface area contributed by atoms with Crippen molar-refractivity contribution in [3.8, 4) is 0 Å². The summed E-state index contributed by atoms with van der Waals surface area (Å²) >= 11 is 0. The quantitative estimate of drug-likeness (QED) is 0.0559. The number of esters is 1. The van der Waals surface area contributed by atoms with E-state index in [1.807, 2.05) is 24.3 Å². The van der Waals surface area contributed by atoms with Gasteiger partial charge in [-0.25, -0.2) is 4.79 Å². The maximum Gasteiger partial charge on any atom is 0.338 e. The minimum atomic E-state index is -0.410. The maximum atomic E-state index is 14.1. The topological polar surface area (TPSA) is 99.9 Å². The molecule has 2 aromatic carbocycles. The molecule has 48 heavy (non-hydrogen) atoms. The zero-order chi connectivity index (χ0) is 35.0. The van der Waals surface area contributed by atoms with Crippen LogP contribution in [0.1, 0.15) is 160 Å². The number of carbonyl (C=O) groups is 2. The molecule has 1 amide bonds. The summed E-state index contributed by atoms with van der Waals surface area (Å²) in [7, 11) is 4.69. The maximum absolute atomic E-state index is 14.1. The molecule has 0 spiro atoms. The summed E-state index contributed by atoms with van der Waals surface area (Å²) in [5.41, 5.74) is 12.5. The van der Waals surface area contributed by atoms with Crippen LogP contribution in [0, 0.1) is 0 Å². The third-order valence-corrected chi connectivity index (χ3v) is 9.30. The minimum Gasteiger partial charge on any atom is -0.465 e. The number of benzene rings is 2. The van der Waals surface area contributed by atoms with Crippen LogP contribution in [-0.4, -0.2) is 46.4 Å². The highest BCUT2D eigenvalue weighted by atomic mass is 16.5. The SMILES string of the molecule is CCCCCCCCCCc1cc(N)c(CCOC)c(C(=O)Nc2cc(CCCCCCCCCC)cc(C(=O)OC)c2CCOC)c1. The van der Waals surface area contributed by atoms with Crippen molar-refractivity contribution in [2.24, 2.45) is 0 Å². The van der Waals surface area contributed by atoms with Gasteiger partial charge in [-0.2, -0.15) is 0 Å². The number of ether oxygens (including phenoxy) is 3. The standard InChI is InChI=1S/C41H66N2O5/c1-6-8-10-12-14-16-18-20-22-32-28-36(34(24-26-46-3)38(42)30-32)40(44)43-39-31-33(23-21-19-17-15-13-11-9-7-2)29-37(41(45)48-5)35(39)25-27-47-4/h28-31H,6-27,42H2,1-5H3,(H,43,44). The van der Waals surface area contributed by atoms with Gasteiger partial charge in [0.15, 0.2) is 0 Å². The highest BCUT2D eigenvalue weighted by molar-refractivity contribution is 6.07. The van der Waals surface area contributed by atoms with E-state index in [1.54, 1.807) is 14.2 Å². The Balaban J connectivity index is 2.31. The van der Waals surface area contributed by atoms with Crippen molar-refractivity contribution < 1.29 is 23.8 Å². The van der Waals surface area contributed by atoms with Gasteiger partial charge >= 0.3 is 5.97 Å². The van der Waals surface area contributed by atoms with E-state index in [-0.39, 0.29) is 5.91 Å². The Hall–Kier alpha value is -2.90. The Morgan fingerprint density at radius 2 is 1.04 bits per heavy atom. The van der Waals surface area contributed by atoms with Gasteiger partial charge in [0.2, 0.25) is 0 Å². The molecule has 0 atom stereocenters.